The summed E-state index contributed by atoms with van der Waals surface area (Å²) in [6.07, 6.45) is 7.01. The molecular formula is C30H41N3O7. The van der Waals surface area contributed by atoms with Crippen molar-refractivity contribution in [3.8, 4) is 5.75 Å². The van der Waals surface area contributed by atoms with Crippen LogP contribution in [0.5, 0.6) is 5.75 Å². The van der Waals surface area contributed by atoms with Gasteiger partial charge in [-0.2, -0.15) is 0 Å². The van der Waals surface area contributed by atoms with Crippen LogP contribution in [0.1, 0.15) is 63.9 Å². The third kappa shape index (κ3) is 8.38. The van der Waals surface area contributed by atoms with Crippen LogP contribution in [0.4, 0.5) is 0 Å². The number of carbonyl (C=O) groups excluding carboxylic acids is 4. The highest BCUT2D eigenvalue weighted by Gasteiger charge is 2.38. The molecule has 1 saturated carbocycles. The smallest absolute Gasteiger partial charge is 0.243 e. The van der Waals surface area contributed by atoms with Gasteiger partial charge in [-0.25, -0.2) is 0 Å². The lowest BCUT2D eigenvalue weighted by Gasteiger charge is -2.27. The van der Waals surface area contributed by atoms with Crippen molar-refractivity contribution in [1.29, 1.82) is 0 Å². The van der Waals surface area contributed by atoms with E-state index >= 15 is 0 Å². The van der Waals surface area contributed by atoms with E-state index in [1.54, 1.807) is 26.2 Å². The maximum Gasteiger partial charge on any atom is 0.243 e. The molecule has 1 aromatic carbocycles. The quantitative estimate of drug-likeness (QED) is 0.214. The number of methoxy groups -OCH3 is 1. The van der Waals surface area contributed by atoms with Crippen molar-refractivity contribution >= 4 is 23.5 Å². The Morgan fingerprint density at radius 3 is 2.25 bits per heavy atom. The Morgan fingerprint density at radius 1 is 0.975 bits per heavy atom. The first kappa shape index (κ1) is 29.7. The molecule has 4 N–H and O–H groups in total. The zero-order valence-corrected chi connectivity index (χ0v) is 23.3. The average molecular weight is 556 g/mol. The van der Waals surface area contributed by atoms with Crippen LogP contribution in [-0.2, 0) is 30.3 Å². The number of Topliss-reactive ketones (excluding diaryl/α,β-unsaturated/α-hetero) is 1. The number of nitrogens with one attached hydrogen (secondary N) is 3. The van der Waals surface area contributed by atoms with Crippen LogP contribution in [0.3, 0.4) is 0 Å². The number of rotatable bonds is 13. The maximum atomic E-state index is 13.6. The summed E-state index contributed by atoms with van der Waals surface area (Å²) >= 11 is 0. The first-order chi connectivity index (χ1) is 19.2. The molecule has 3 aliphatic rings. The highest BCUT2D eigenvalue weighted by molar-refractivity contribution is 5.96. The van der Waals surface area contributed by atoms with Gasteiger partial charge in [0, 0.05) is 12.3 Å². The van der Waals surface area contributed by atoms with E-state index in [-0.39, 0.29) is 30.1 Å². The van der Waals surface area contributed by atoms with Gasteiger partial charge in [-0.1, -0.05) is 23.8 Å². The highest BCUT2D eigenvalue weighted by atomic mass is 16.6. The van der Waals surface area contributed by atoms with E-state index in [0.717, 1.165) is 30.4 Å². The van der Waals surface area contributed by atoms with Crippen LogP contribution in [0.15, 0.2) is 35.9 Å². The second-order valence-electron chi connectivity index (χ2n) is 11.1. The Bertz CT molecular complexity index is 1090. The van der Waals surface area contributed by atoms with E-state index in [2.05, 4.69) is 22.0 Å². The van der Waals surface area contributed by atoms with Crippen LogP contribution in [-0.4, -0.2) is 72.7 Å². The molecule has 0 bridgehead atoms. The maximum absolute atomic E-state index is 13.6. The Kier molecular flexibility index (Phi) is 10.3. The zero-order valence-electron chi connectivity index (χ0n) is 23.3. The van der Waals surface area contributed by atoms with Gasteiger partial charge in [0.2, 0.25) is 17.7 Å². The first-order valence-corrected chi connectivity index (χ1v) is 14.3. The molecule has 2 fully saturated rings. The van der Waals surface area contributed by atoms with Gasteiger partial charge < -0.3 is 30.5 Å². The highest BCUT2D eigenvalue weighted by Crippen LogP contribution is 2.25. The normalized spacial score (nSPS) is 24.2. The number of hydrogen-bond acceptors (Lipinski definition) is 7. The summed E-state index contributed by atoms with van der Waals surface area (Å²) in [7, 11) is 1.57. The van der Waals surface area contributed by atoms with Crippen LogP contribution < -0.4 is 20.7 Å². The zero-order chi connectivity index (χ0) is 28.6. The largest absolute Gasteiger partial charge is 0.497 e. The molecule has 1 heterocycles. The minimum atomic E-state index is -0.974. The predicted octanol–water partition coefficient (Wildman–Crippen LogP) is 1.73. The Morgan fingerprint density at radius 2 is 1.65 bits per heavy atom. The minimum Gasteiger partial charge on any atom is -0.497 e. The van der Waals surface area contributed by atoms with Gasteiger partial charge in [-0.05, 0) is 76.0 Å². The lowest BCUT2D eigenvalue weighted by atomic mass is 9.87. The van der Waals surface area contributed by atoms with Crippen molar-refractivity contribution in [3.63, 3.8) is 0 Å². The molecule has 0 radical (unpaired) electrons. The molecular weight excluding hydrogens is 514 g/mol. The third-order valence-corrected chi connectivity index (χ3v) is 7.96. The number of allylic oxidation sites excluding steroid dienone is 1. The van der Waals surface area contributed by atoms with Crippen LogP contribution in [0.2, 0.25) is 0 Å². The number of ether oxygens (including phenoxy) is 2. The van der Waals surface area contributed by atoms with E-state index in [4.69, 9.17) is 9.47 Å². The molecule has 1 aliphatic heterocycles. The predicted molar refractivity (Wildman–Crippen MR) is 147 cm³/mol. The molecule has 2 aliphatic carbocycles. The topological polar surface area (TPSA) is 146 Å². The Balaban J connectivity index is 1.44. The van der Waals surface area contributed by atoms with Gasteiger partial charge in [0.05, 0.1) is 25.9 Å². The summed E-state index contributed by atoms with van der Waals surface area (Å²) in [5.41, 5.74) is 1.94. The number of aliphatic hydroxyl groups is 1. The van der Waals surface area contributed by atoms with E-state index in [9.17, 15) is 24.3 Å². The first-order valence-electron chi connectivity index (χ1n) is 14.3. The molecule has 40 heavy (non-hydrogen) atoms. The van der Waals surface area contributed by atoms with Gasteiger partial charge in [0.15, 0.2) is 5.78 Å². The summed E-state index contributed by atoms with van der Waals surface area (Å²) < 4.78 is 10.4. The van der Waals surface area contributed by atoms with Gasteiger partial charge in [0.25, 0.3) is 0 Å². The molecule has 0 aromatic heterocycles. The number of carbonyl (C=O) groups is 4. The fraction of sp³-hybridized carbons (Fsp3) is 0.600. The van der Waals surface area contributed by atoms with Crippen molar-refractivity contribution in [3.05, 3.63) is 41.5 Å². The molecule has 218 valence electrons. The molecule has 1 aromatic rings. The van der Waals surface area contributed by atoms with Crippen molar-refractivity contribution in [2.45, 2.75) is 95.0 Å². The van der Waals surface area contributed by atoms with Crippen LogP contribution in [0.25, 0.3) is 0 Å². The molecule has 4 rings (SSSR count). The second-order valence-corrected chi connectivity index (χ2v) is 11.1. The van der Waals surface area contributed by atoms with Gasteiger partial charge in [-0.3, -0.25) is 19.2 Å². The summed E-state index contributed by atoms with van der Waals surface area (Å²) in [5, 5.41) is 18.2. The number of hydrogen-bond donors (Lipinski definition) is 4. The van der Waals surface area contributed by atoms with Crippen LogP contribution in [0, 0.1) is 5.92 Å². The number of benzene rings is 1. The van der Waals surface area contributed by atoms with Crippen molar-refractivity contribution in [2.24, 2.45) is 5.92 Å². The molecule has 3 amide bonds. The van der Waals surface area contributed by atoms with Gasteiger partial charge >= 0.3 is 0 Å². The summed E-state index contributed by atoms with van der Waals surface area (Å²) in [6, 6.07) is 4.61. The third-order valence-electron chi connectivity index (χ3n) is 7.96. The monoisotopic (exact) mass is 555 g/mol. The number of amides is 3. The average Bonchev–Trinajstić information content (AvgIpc) is 3.68. The van der Waals surface area contributed by atoms with E-state index in [1.165, 1.54) is 0 Å². The van der Waals surface area contributed by atoms with Crippen molar-refractivity contribution < 1.29 is 33.8 Å². The van der Waals surface area contributed by atoms with Gasteiger partial charge in [0.1, 0.15) is 23.9 Å². The minimum absolute atomic E-state index is 0.158. The lowest BCUT2D eigenvalue weighted by molar-refractivity contribution is -0.134. The van der Waals surface area contributed by atoms with Gasteiger partial charge in [-0.15, -0.1) is 0 Å². The Labute approximate surface area is 235 Å². The molecule has 10 heteroatoms. The molecule has 4 atom stereocenters. The van der Waals surface area contributed by atoms with E-state index in [0.29, 0.717) is 44.5 Å². The van der Waals surface area contributed by atoms with Crippen molar-refractivity contribution in [2.75, 3.05) is 13.7 Å². The summed E-state index contributed by atoms with van der Waals surface area (Å²) in [5.74, 6) is -0.940. The van der Waals surface area contributed by atoms with Crippen molar-refractivity contribution in [1.82, 2.24) is 16.0 Å². The molecule has 0 unspecified atom stereocenters. The molecule has 0 spiro atoms. The van der Waals surface area contributed by atoms with Crippen LogP contribution >= 0.6 is 0 Å². The number of ketones is 1. The molecule has 10 nitrogen and oxygen atoms in total. The van der Waals surface area contributed by atoms with E-state index < -0.39 is 36.0 Å². The second kappa shape index (κ2) is 13.9. The molecule has 1 saturated heterocycles. The van der Waals surface area contributed by atoms with E-state index in [1.807, 2.05) is 12.1 Å². The number of epoxide rings is 1. The standard InChI is InChI=1S/C30H41N3O7/c1-18(31-29(37)21-9-11-22(34)12-10-21)28(36)33-25(16-20-7-13-23(39-2)14-8-20)30(38)32-24(27(35)26-17-40-26)15-19-5-3-4-6-19/h5,7-8,13-14,18,21-22,24-26,34H,3-4,6,9-12,15-17H2,1-2H3,(H,31,37)(H,32,38)(H,33,36)/t18-,21-,22-,24+,25+,26-/m1/s1. The summed E-state index contributed by atoms with van der Waals surface area (Å²) in [4.78, 5) is 52.5. The Hall–Kier alpha value is -3.24. The summed E-state index contributed by atoms with van der Waals surface area (Å²) in [6.45, 7) is 1.93. The lowest BCUT2D eigenvalue weighted by Crippen LogP contribution is -2.56. The number of aliphatic hydroxyl groups excluding tert-OH is 1. The fourth-order valence-electron chi connectivity index (χ4n) is 5.35. The SMILES string of the molecule is COc1ccc(C[C@H](NC(=O)[C@@H](C)NC(=O)[C@H]2CC[C@H](O)CC2)C(=O)N[C@@H](CC2=CCCC2)C(=O)[C@H]2CO2)cc1. The fourth-order valence-corrected chi connectivity index (χ4v) is 5.35.